The Labute approximate surface area is 121 Å². The lowest BCUT2D eigenvalue weighted by molar-refractivity contribution is -0.147. The Morgan fingerprint density at radius 3 is 2.75 bits per heavy atom. The van der Waals surface area contributed by atoms with E-state index in [1.807, 2.05) is 19.1 Å². The zero-order valence-corrected chi connectivity index (χ0v) is 12.2. The number of nitrogens with zero attached hydrogens (tertiary/aromatic N) is 4. The van der Waals surface area contributed by atoms with Crippen molar-refractivity contribution in [3.8, 4) is 11.4 Å². The van der Waals surface area contributed by atoms with Gasteiger partial charge in [-0.05, 0) is 55.0 Å². The van der Waals surface area contributed by atoms with Crippen LogP contribution in [0.2, 0.25) is 5.02 Å². The number of carbonyl (C=O) groups is 1. The zero-order chi connectivity index (χ0) is 14.9. The Kier molecular flexibility index (Phi) is 3.76. The van der Waals surface area contributed by atoms with E-state index in [4.69, 9.17) is 11.6 Å². The third kappa shape index (κ3) is 2.80. The molecule has 2 aromatic rings. The Hall–Kier alpha value is -1.95. The van der Waals surface area contributed by atoms with Crippen LogP contribution >= 0.6 is 11.6 Å². The molecule has 1 N–H and O–H groups in total. The minimum Gasteiger partial charge on any atom is -0.481 e. The number of rotatable bonds is 4. The number of aryl methyl sites for hydroxylation is 1. The van der Waals surface area contributed by atoms with Gasteiger partial charge in [0.05, 0.1) is 12.0 Å². The summed E-state index contributed by atoms with van der Waals surface area (Å²) in [7, 11) is 0. The van der Waals surface area contributed by atoms with Crippen molar-refractivity contribution in [3.05, 3.63) is 28.8 Å². The molecule has 2 rings (SSSR count). The maximum atomic E-state index is 11.2. The molecule has 0 aliphatic heterocycles. The summed E-state index contributed by atoms with van der Waals surface area (Å²) in [4.78, 5) is 11.2. The van der Waals surface area contributed by atoms with Crippen LogP contribution in [-0.4, -0.2) is 31.3 Å². The van der Waals surface area contributed by atoms with Crippen LogP contribution in [0.5, 0.6) is 0 Å². The highest BCUT2D eigenvalue weighted by Crippen LogP contribution is 2.26. The second kappa shape index (κ2) is 5.20. The Morgan fingerprint density at radius 2 is 2.15 bits per heavy atom. The van der Waals surface area contributed by atoms with Crippen LogP contribution in [0.3, 0.4) is 0 Å². The van der Waals surface area contributed by atoms with Gasteiger partial charge < -0.3 is 5.11 Å². The van der Waals surface area contributed by atoms with E-state index in [1.54, 1.807) is 19.9 Å². The maximum Gasteiger partial charge on any atom is 0.310 e. The van der Waals surface area contributed by atoms with Gasteiger partial charge in [0.1, 0.15) is 0 Å². The van der Waals surface area contributed by atoms with E-state index in [0.717, 1.165) is 11.1 Å². The molecule has 1 aromatic heterocycles. The molecule has 0 saturated heterocycles. The first kappa shape index (κ1) is 14.5. The van der Waals surface area contributed by atoms with E-state index >= 15 is 0 Å². The van der Waals surface area contributed by atoms with E-state index < -0.39 is 11.4 Å². The summed E-state index contributed by atoms with van der Waals surface area (Å²) in [5.41, 5.74) is 0.812. The highest BCUT2D eigenvalue weighted by molar-refractivity contribution is 6.30. The first-order valence-electron chi connectivity index (χ1n) is 6.07. The molecule has 1 aromatic carbocycles. The molecule has 20 heavy (non-hydrogen) atoms. The van der Waals surface area contributed by atoms with Gasteiger partial charge in [-0.1, -0.05) is 11.6 Å². The molecule has 0 radical (unpaired) electrons. The predicted octanol–water partition coefficient (Wildman–Crippen LogP) is 2.41. The van der Waals surface area contributed by atoms with Gasteiger partial charge in [-0.3, -0.25) is 4.79 Å². The molecule has 0 unspecified atom stereocenters. The molecule has 0 aliphatic rings. The number of hydrogen-bond acceptors (Lipinski definition) is 4. The lowest BCUT2D eigenvalue weighted by Crippen LogP contribution is -2.30. The van der Waals surface area contributed by atoms with Gasteiger partial charge in [-0.25, -0.2) is 4.68 Å². The van der Waals surface area contributed by atoms with Gasteiger partial charge in [0, 0.05) is 10.6 Å². The molecule has 0 aliphatic carbocycles. The summed E-state index contributed by atoms with van der Waals surface area (Å²) in [6.45, 7) is 5.36. The fraction of sp³-hybridized carbons (Fsp3) is 0.385. The quantitative estimate of drug-likeness (QED) is 0.936. The predicted molar refractivity (Wildman–Crippen MR) is 74.4 cm³/mol. The van der Waals surface area contributed by atoms with Crippen molar-refractivity contribution in [1.29, 1.82) is 0 Å². The molecule has 0 atom stereocenters. The standard InChI is InChI=1S/C13H15ClN4O2/c1-8-6-9(14)4-5-10(8)11-15-16-17-18(11)7-13(2,3)12(19)20/h4-6H,7H2,1-3H3,(H,19,20). The maximum absolute atomic E-state index is 11.2. The third-order valence-corrected chi connectivity index (χ3v) is 3.32. The highest BCUT2D eigenvalue weighted by atomic mass is 35.5. The number of tetrazole rings is 1. The average molecular weight is 295 g/mol. The number of carboxylic acids is 1. The van der Waals surface area contributed by atoms with E-state index in [-0.39, 0.29) is 6.54 Å². The fourth-order valence-electron chi connectivity index (χ4n) is 1.82. The lowest BCUT2D eigenvalue weighted by Gasteiger charge is -2.19. The molecule has 0 fully saturated rings. The average Bonchev–Trinajstić information content (AvgIpc) is 2.76. The first-order valence-corrected chi connectivity index (χ1v) is 6.45. The van der Waals surface area contributed by atoms with Crippen LogP contribution in [0.15, 0.2) is 18.2 Å². The molecule has 0 spiro atoms. The SMILES string of the molecule is Cc1cc(Cl)ccc1-c1nnnn1CC(C)(C)C(=O)O. The van der Waals surface area contributed by atoms with Crippen LogP contribution in [0.4, 0.5) is 0 Å². The number of carboxylic acid groups (broad SMARTS) is 1. The minimum atomic E-state index is -0.954. The molecule has 7 heteroatoms. The van der Waals surface area contributed by atoms with Crippen molar-refractivity contribution >= 4 is 17.6 Å². The van der Waals surface area contributed by atoms with Gasteiger partial charge in [0.25, 0.3) is 0 Å². The zero-order valence-electron chi connectivity index (χ0n) is 11.5. The first-order chi connectivity index (χ1) is 9.31. The van der Waals surface area contributed by atoms with Crippen molar-refractivity contribution in [2.45, 2.75) is 27.3 Å². The van der Waals surface area contributed by atoms with Gasteiger partial charge in [-0.15, -0.1) is 5.10 Å². The van der Waals surface area contributed by atoms with Gasteiger partial charge in [0.15, 0.2) is 5.82 Å². The van der Waals surface area contributed by atoms with E-state index in [9.17, 15) is 9.90 Å². The summed E-state index contributed by atoms with van der Waals surface area (Å²) < 4.78 is 1.50. The van der Waals surface area contributed by atoms with Crippen molar-refractivity contribution in [1.82, 2.24) is 20.2 Å². The molecule has 6 nitrogen and oxygen atoms in total. The minimum absolute atomic E-state index is 0.187. The number of benzene rings is 1. The molecular weight excluding hydrogens is 280 g/mol. The van der Waals surface area contributed by atoms with Crippen molar-refractivity contribution in [2.75, 3.05) is 0 Å². The summed E-state index contributed by atoms with van der Waals surface area (Å²) in [5, 5.41) is 21.3. The van der Waals surface area contributed by atoms with E-state index in [2.05, 4.69) is 15.5 Å². The second-order valence-electron chi connectivity index (χ2n) is 5.31. The molecule has 1 heterocycles. The number of aromatic nitrogens is 4. The summed E-state index contributed by atoms with van der Waals surface area (Å²) in [5.74, 6) is -0.361. The van der Waals surface area contributed by atoms with Crippen LogP contribution in [0, 0.1) is 12.3 Å². The van der Waals surface area contributed by atoms with Crippen molar-refractivity contribution in [3.63, 3.8) is 0 Å². The molecule has 0 bridgehead atoms. The molecule has 106 valence electrons. The van der Waals surface area contributed by atoms with Crippen molar-refractivity contribution in [2.24, 2.45) is 5.41 Å². The van der Waals surface area contributed by atoms with Gasteiger partial charge in [0.2, 0.25) is 0 Å². The van der Waals surface area contributed by atoms with Crippen molar-refractivity contribution < 1.29 is 9.90 Å². The Bertz CT molecular complexity index is 652. The lowest BCUT2D eigenvalue weighted by atomic mass is 9.94. The summed E-state index contributed by atoms with van der Waals surface area (Å²) in [6, 6.07) is 5.40. The number of halogens is 1. The summed E-state index contributed by atoms with van der Waals surface area (Å²) >= 11 is 5.93. The smallest absolute Gasteiger partial charge is 0.310 e. The molecule has 0 amide bonds. The Balaban J connectivity index is 2.41. The van der Waals surface area contributed by atoms with Crippen LogP contribution in [0.25, 0.3) is 11.4 Å². The Morgan fingerprint density at radius 1 is 1.45 bits per heavy atom. The van der Waals surface area contributed by atoms with Crippen LogP contribution in [0.1, 0.15) is 19.4 Å². The summed E-state index contributed by atoms with van der Waals surface area (Å²) in [6.07, 6.45) is 0. The van der Waals surface area contributed by atoms with Crippen LogP contribution < -0.4 is 0 Å². The number of aliphatic carboxylic acids is 1. The van der Waals surface area contributed by atoms with E-state index in [1.165, 1.54) is 4.68 Å². The fourth-order valence-corrected chi connectivity index (χ4v) is 2.05. The van der Waals surface area contributed by atoms with Gasteiger partial charge in [-0.2, -0.15) is 0 Å². The second-order valence-corrected chi connectivity index (χ2v) is 5.74. The molecule has 0 saturated carbocycles. The largest absolute Gasteiger partial charge is 0.481 e. The molecular formula is C13H15ClN4O2. The monoisotopic (exact) mass is 294 g/mol. The van der Waals surface area contributed by atoms with Gasteiger partial charge >= 0.3 is 5.97 Å². The third-order valence-electron chi connectivity index (χ3n) is 3.09. The van der Waals surface area contributed by atoms with Crippen LogP contribution in [-0.2, 0) is 11.3 Å². The highest BCUT2D eigenvalue weighted by Gasteiger charge is 2.29. The topological polar surface area (TPSA) is 80.9 Å². The van der Waals surface area contributed by atoms with E-state index in [0.29, 0.717) is 10.8 Å². The normalized spacial score (nSPS) is 11.6. The number of hydrogen-bond donors (Lipinski definition) is 1.